The Morgan fingerprint density at radius 1 is 1.20 bits per heavy atom. The van der Waals surface area contributed by atoms with Crippen LogP contribution in [-0.2, 0) is 6.42 Å². The van der Waals surface area contributed by atoms with Crippen molar-refractivity contribution in [3.05, 3.63) is 36.1 Å². The molecule has 0 radical (unpaired) electrons. The van der Waals surface area contributed by atoms with Gasteiger partial charge in [0.05, 0.1) is 6.26 Å². The second kappa shape index (κ2) is 6.25. The van der Waals surface area contributed by atoms with Crippen molar-refractivity contribution in [2.45, 2.75) is 20.3 Å². The molecule has 2 rings (SSSR count). The number of hydrogen-bond acceptors (Lipinski definition) is 2. The van der Waals surface area contributed by atoms with Gasteiger partial charge in [-0.05, 0) is 43.8 Å². The second-order valence-electron chi connectivity index (χ2n) is 3.15. The number of benzene rings is 1. The van der Waals surface area contributed by atoms with Crippen molar-refractivity contribution in [2.24, 2.45) is 0 Å². The van der Waals surface area contributed by atoms with Crippen molar-refractivity contribution < 1.29 is 4.42 Å². The van der Waals surface area contributed by atoms with Gasteiger partial charge in [-0.15, -0.1) is 0 Å². The van der Waals surface area contributed by atoms with Crippen LogP contribution in [0.3, 0.4) is 0 Å². The molecule has 2 nitrogen and oxygen atoms in total. The van der Waals surface area contributed by atoms with Crippen molar-refractivity contribution in [3.63, 3.8) is 0 Å². The van der Waals surface area contributed by atoms with Crippen LogP contribution < -0.4 is 5.32 Å². The van der Waals surface area contributed by atoms with E-state index in [-0.39, 0.29) is 0 Å². The van der Waals surface area contributed by atoms with Gasteiger partial charge in [-0.1, -0.05) is 19.9 Å². The predicted octanol–water partition coefficient (Wildman–Crippen LogP) is 3.22. The minimum Gasteiger partial charge on any atom is -0.464 e. The van der Waals surface area contributed by atoms with E-state index in [4.69, 9.17) is 4.42 Å². The van der Waals surface area contributed by atoms with E-state index in [9.17, 15) is 0 Å². The molecular weight excluding hydrogens is 186 g/mol. The lowest BCUT2D eigenvalue weighted by Gasteiger charge is -1.99. The Labute approximate surface area is 91.3 Å². The van der Waals surface area contributed by atoms with Gasteiger partial charge in [0.15, 0.2) is 0 Å². The van der Waals surface area contributed by atoms with E-state index in [0.29, 0.717) is 0 Å². The lowest BCUT2D eigenvalue weighted by molar-refractivity contribution is 0.615. The van der Waals surface area contributed by atoms with Gasteiger partial charge in [0.2, 0.25) is 0 Å². The zero-order valence-corrected chi connectivity index (χ0v) is 9.71. The Bertz CT molecular complexity index is 392. The maximum atomic E-state index is 5.26. The summed E-state index contributed by atoms with van der Waals surface area (Å²) in [5.74, 6) is 0. The number of likely N-dealkylation sites (N-methyl/N-ethyl adjacent to an activating group) is 1. The molecule has 0 atom stereocenters. The van der Waals surface area contributed by atoms with Gasteiger partial charge >= 0.3 is 0 Å². The van der Waals surface area contributed by atoms with Crippen LogP contribution in [-0.4, -0.2) is 13.6 Å². The van der Waals surface area contributed by atoms with E-state index in [0.717, 1.165) is 18.5 Å². The fourth-order valence-corrected chi connectivity index (χ4v) is 1.44. The second-order valence-corrected chi connectivity index (χ2v) is 3.15. The summed E-state index contributed by atoms with van der Waals surface area (Å²) in [6, 6.07) is 8.32. The minimum absolute atomic E-state index is 0.966. The Morgan fingerprint density at radius 3 is 2.73 bits per heavy atom. The van der Waals surface area contributed by atoms with E-state index in [1.165, 1.54) is 10.9 Å². The summed E-state index contributed by atoms with van der Waals surface area (Å²) in [5, 5.41) is 4.32. The number of furan rings is 1. The maximum absolute atomic E-state index is 5.26. The molecule has 0 aliphatic heterocycles. The SMILES string of the molecule is CC.CNCCc1ccc2occc2c1. The van der Waals surface area contributed by atoms with Crippen LogP contribution >= 0.6 is 0 Å². The zero-order valence-electron chi connectivity index (χ0n) is 9.71. The summed E-state index contributed by atoms with van der Waals surface area (Å²) < 4.78 is 5.26. The third-order valence-corrected chi connectivity index (χ3v) is 2.18. The van der Waals surface area contributed by atoms with Gasteiger partial charge in [0, 0.05) is 5.39 Å². The zero-order chi connectivity index (χ0) is 11.1. The summed E-state index contributed by atoms with van der Waals surface area (Å²) in [7, 11) is 1.97. The Kier molecular flexibility index (Phi) is 4.91. The van der Waals surface area contributed by atoms with E-state index >= 15 is 0 Å². The molecular formula is C13H19NO. The molecule has 15 heavy (non-hydrogen) atoms. The summed E-state index contributed by atoms with van der Waals surface area (Å²) >= 11 is 0. The molecule has 2 aromatic rings. The molecule has 0 saturated heterocycles. The van der Waals surface area contributed by atoms with Gasteiger partial charge in [0.1, 0.15) is 5.58 Å². The number of rotatable bonds is 3. The third-order valence-electron chi connectivity index (χ3n) is 2.18. The summed E-state index contributed by atoms with van der Waals surface area (Å²) in [6.07, 6.45) is 2.80. The molecule has 0 aliphatic carbocycles. The molecule has 0 spiro atoms. The van der Waals surface area contributed by atoms with Gasteiger partial charge in [0.25, 0.3) is 0 Å². The van der Waals surface area contributed by atoms with E-state index < -0.39 is 0 Å². The first-order valence-electron chi connectivity index (χ1n) is 5.51. The van der Waals surface area contributed by atoms with E-state index in [2.05, 4.69) is 17.4 Å². The van der Waals surface area contributed by atoms with Gasteiger partial charge in [-0.3, -0.25) is 0 Å². The topological polar surface area (TPSA) is 25.2 Å². The standard InChI is InChI=1S/C11H13NO.C2H6/c1-12-6-4-9-2-3-11-10(8-9)5-7-13-11;1-2/h2-3,5,7-8,12H,4,6H2,1H3;1-2H3. The molecule has 0 bridgehead atoms. The molecule has 1 heterocycles. The van der Waals surface area contributed by atoms with Crippen LogP contribution in [0, 0.1) is 0 Å². The molecule has 1 N–H and O–H groups in total. The fourth-order valence-electron chi connectivity index (χ4n) is 1.44. The molecule has 0 saturated carbocycles. The Hall–Kier alpha value is -1.28. The van der Waals surface area contributed by atoms with Crippen LogP contribution in [0.1, 0.15) is 19.4 Å². The highest BCUT2D eigenvalue weighted by Gasteiger charge is 1.97. The normalized spacial score (nSPS) is 9.80. The van der Waals surface area contributed by atoms with Crippen LogP contribution in [0.4, 0.5) is 0 Å². The van der Waals surface area contributed by atoms with Crippen molar-refractivity contribution in [1.29, 1.82) is 0 Å². The van der Waals surface area contributed by atoms with Crippen LogP contribution in [0.25, 0.3) is 11.0 Å². The van der Waals surface area contributed by atoms with Crippen LogP contribution in [0.5, 0.6) is 0 Å². The van der Waals surface area contributed by atoms with E-state index in [1.807, 2.05) is 33.0 Å². The Balaban J connectivity index is 0.000000531. The summed E-state index contributed by atoms with van der Waals surface area (Å²) in [5.41, 5.74) is 2.32. The molecule has 82 valence electrons. The Morgan fingerprint density at radius 2 is 2.00 bits per heavy atom. The first-order valence-corrected chi connectivity index (χ1v) is 5.51. The van der Waals surface area contributed by atoms with E-state index in [1.54, 1.807) is 6.26 Å². The largest absolute Gasteiger partial charge is 0.464 e. The monoisotopic (exact) mass is 205 g/mol. The van der Waals surface area contributed by atoms with Gasteiger partial charge < -0.3 is 9.73 Å². The van der Waals surface area contributed by atoms with Crippen LogP contribution in [0.2, 0.25) is 0 Å². The first kappa shape index (κ1) is 11.8. The number of nitrogens with one attached hydrogen (secondary N) is 1. The van der Waals surface area contributed by atoms with Gasteiger partial charge in [-0.2, -0.15) is 0 Å². The molecule has 0 fully saturated rings. The van der Waals surface area contributed by atoms with Crippen molar-refractivity contribution >= 4 is 11.0 Å². The number of fused-ring (bicyclic) bond motifs is 1. The summed E-state index contributed by atoms with van der Waals surface area (Å²) in [4.78, 5) is 0. The molecule has 0 amide bonds. The van der Waals surface area contributed by atoms with Crippen LogP contribution in [0.15, 0.2) is 34.9 Å². The average Bonchev–Trinajstić information content (AvgIpc) is 2.76. The quantitative estimate of drug-likeness (QED) is 0.832. The molecule has 0 aliphatic rings. The minimum atomic E-state index is 0.966. The molecule has 1 aromatic heterocycles. The molecule has 0 unspecified atom stereocenters. The highest BCUT2D eigenvalue weighted by molar-refractivity contribution is 5.77. The highest BCUT2D eigenvalue weighted by atomic mass is 16.3. The van der Waals surface area contributed by atoms with Crippen molar-refractivity contribution in [3.8, 4) is 0 Å². The molecule has 1 aromatic carbocycles. The first-order chi connectivity index (χ1) is 7.40. The highest BCUT2D eigenvalue weighted by Crippen LogP contribution is 2.16. The lowest BCUT2D eigenvalue weighted by atomic mass is 10.1. The maximum Gasteiger partial charge on any atom is 0.133 e. The molecule has 2 heteroatoms. The smallest absolute Gasteiger partial charge is 0.133 e. The average molecular weight is 205 g/mol. The predicted molar refractivity (Wildman–Crippen MR) is 65.2 cm³/mol. The third kappa shape index (κ3) is 3.10. The number of hydrogen-bond donors (Lipinski definition) is 1. The van der Waals surface area contributed by atoms with Crippen molar-refractivity contribution in [2.75, 3.05) is 13.6 Å². The lowest BCUT2D eigenvalue weighted by Crippen LogP contribution is -2.09. The summed E-state index contributed by atoms with van der Waals surface area (Å²) in [6.45, 7) is 5.02. The van der Waals surface area contributed by atoms with Crippen molar-refractivity contribution in [1.82, 2.24) is 5.32 Å². The fraction of sp³-hybridized carbons (Fsp3) is 0.385. The van der Waals surface area contributed by atoms with Gasteiger partial charge in [-0.25, -0.2) is 0 Å².